The second kappa shape index (κ2) is 11.8. The first-order valence-corrected chi connectivity index (χ1v) is 13.0. The molecule has 3 N–H and O–H groups in total. The summed E-state index contributed by atoms with van der Waals surface area (Å²) in [6, 6.07) is 20.0. The van der Waals surface area contributed by atoms with E-state index in [1.807, 2.05) is 36.4 Å². The summed E-state index contributed by atoms with van der Waals surface area (Å²) in [4.78, 5) is 32.9. The molecule has 1 aliphatic carbocycles. The van der Waals surface area contributed by atoms with Gasteiger partial charge in [-0.2, -0.15) is 0 Å². The monoisotopic (exact) mass is 488 g/mol. The minimum Gasteiger partial charge on any atom is -0.354 e. The number of nitrogens with one attached hydrogen (secondary N) is 2. The molecule has 0 radical (unpaired) electrons. The van der Waals surface area contributed by atoms with Crippen LogP contribution < -0.4 is 10.6 Å². The average molecular weight is 489 g/mol. The van der Waals surface area contributed by atoms with Crippen molar-refractivity contribution in [1.82, 2.24) is 10.6 Å². The molecule has 2 aromatic carbocycles. The Balaban J connectivity index is 1.62. The topological polar surface area (TPSA) is 114 Å². The third-order valence-corrected chi connectivity index (χ3v) is 7.20. The van der Waals surface area contributed by atoms with Crippen LogP contribution in [-0.4, -0.2) is 42.0 Å². The van der Waals surface area contributed by atoms with Gasteiger partial charge in [0.1, 0.15) is 0 Å². The van der Waals surface area contributed by atoms with Gasteiger partial charge < -0.3 is 15.5 Å². The third kappa shape index (κ3) is 7.24. The van der Waals surface area contributed by atoms with Crippen LogP contribution in [0.2, 0.25) is 0 Å². The van der Waals surface area contributed by atoms with Crippen molar-refractivity contribution >= 4 is 19.6 Å². The van der Waals surface area contributed by atoms with Gasteiger partial charge >= 0.3 is 7.82 Å². The zero-order valence-corrected chi connectivity index (χ0v) is 20.5. The lowest BCUT2D eigenvalue weighted by Crippen LogP contribution is -2.45. The first kappa shape index (κ1) is 26.1. The Kier molecular flexibility index (Phi) is 9.03. The van der Waals surface area contributed by atoms with Crippen molar-refractivity contribution in [3.05, 3.63) is 71.8 Å². The highest BCUT2D eigenvalue weighted by molar-refractivity contribution is 7.47. The Bertz CT molecular complexity index is 951. The van der Waals surface area contributed by atoms with Gasteiger partial charge in [0.05, 0.1) is 18.8 Å². The molecule has 1 fully saturated rings. The van der Waals surface area contributed by atoms with Gasteiger partial charge in [-0.1, -0.05) is 60.7 Å². The summed E-state index contributed by atoms with van der Waals surface area (Å²) < 4.78 is 23.3. The number of carbonyl (C=O) groups is 2. The van der Waals surface area contributed by atoms with Crippen molar-refractivity contribution in [2.24, 2.45) is 0 Å². The van der Waals surface area contributed by atoms with Gasteiger partial charge in [0, 0.05) is 25.8 Å². The zero-order valence-electron chi connectivity index (χ0n) is 19.6. The summed E-state index contributed by atoms with van der Waals surface area (Å²) in [5, 5.41) is 5.16. The fourth-order valence-corrected chi connectivity index (χ4v) is 5.57. The van der Waals surface area contributed by atoms with Crippen molar-refractivity contribution in [2.75, 3.05) is 13.2 Å². The van der Waals surface area contributed by atoms with Crippen molar-refractivity contribution < 1.29 is 28.1 Å². The Morgan fingerprint density at radius 3 is 2.00 bits per heavy atom. The van der Waals surface area contributed by atoms with Crippen LogP contribution in [0.1, 0.15) is 50.7 Å². The lowest BCUT2D eigenvalue weighted by atomic mass is 9.65. The molecule has 0 aromatic heterocycles. The summed E-state index contributed by atoms with van der Waals surface area (Å²) in [6.07, 6.45) is 2.30. The van der Waals surface area contributed by atoms with Gasteiger partial charge in [-0.25, -0.2) is 4.57 Å². The highest BCUT2D eigenvalue weighted by Crippen LogP contribution is 2.51. The van der Waals surface area contributed by atoms with E-state index >= 15 is 0 Å². The average Bonchev–Trinajstić information content (AvgIpc) is 2.82. The van der Waals surface area contributed by atoms with E-state index in [1.54, 1.807) is 0 Å². The number of phosphoric acid groups is 1. The molecule has 0 aliphatic heterocycles. The number of rotatable bonds is 10. The summed E-state index contributed by atoms with van der Waals surface area (Å²) in [5.74, 6) is -0.612. The van der Waals surface area contributed by atoms with Crippen LogP contribution in [0, 0.1) is 0 Å². The van der Waals surface area contributed by atoms with Crippen molar-refractivity contribution in [1.29, 1.82) is 0 Å². The molecule has 9 heteroatoms. The summed E-state index contributed by atoms with van der Waals surface area (Å²) in [7, 11) is -4.36. The van der Waals surface area contributed by atoms with E-state index in [0.717, 1.165) is 12.8 Å². The van der Waals surface area contributed by atoms with E-state index in [4.69, 9.17) is 9.05 Å². The fraction of sp³-hybridized carbons (Fsp3) is 0.440. The van der Waals surface area contributed by atoms with E-state index in [2.05, 4.69) is 34.9 Å². The first-order valence-electron chi connectivity index (χ1n) is 11.5. The Labute approximate surface area is 200 Å². The number of hydrogen-bond acceptors (Lipinski definition) is 5. The van der Waals surface area contributed by atoms with Gasteiger partial charge in [-0.05, 0) is 36.8 Å². The van der Waals surface area contributed by atoms with Crippen LogP contribution in [0.4, 0.5) is 0 Å². The smallest absolute Gasteiger partial charge is 0.354 e. The summed E-state index contributed by atoms with van der Waals surface area (Å²) >= 11 is 0. The molecule has 8 nitrogen and oxygen atoms in total. The number of carbonyl (C=O) groups excluding carboxylic acids is 2. The zero-order chi connectivity index (χ0) is 24.6. The second-order valence-corrected chi connectivity index (χ2v) is 10.1. The van der Waals surface area contributed by atoms with Crippen molar-refractivity contribution in [3.8, 4) is 0 Å². The number of hydrogen-bond donors (Lipinski definition) is 3. The second-order valence-electron chi connectivity index (χ2n) is 8.72. The molecular weight excluding hydrogens is 455 g/mol. The van der Waals surface area contributed by atoms with Crippen LogP contribution in [0.5, 0.6) is 0 Å². The quantitative estimate of drug-likeness (QED) is 0.440. The molecule has 34 heavy (non-hydrogen) atoms. The number of amides is 2. The normalized spacial score (nSPS) is 18.4. The number of benzene rings is 2. The lowest BCUT2D eigenvalue weighted by Gasteiger charge is -2.41. The van der Waals surface area contributed by atoms with Crippen molar-refractivity contribution in [2.45, 2.75) is 57.1 Å². The minimum absolute atomic E-state index is 0.0784. The van der Waals surface area contributed by atoms with Crippen LogP contribution in [0.25, 0.3) is 0 Å². The highest BCUT2D eigenvalue weighted by Gasteiger charge is 2.40. The predicted molar refractivity (Wildman–Crippen MR) is 129 cm³/mol. The van der Waals surface area contributed by atoms with E-state index in [-0.39, 0.29) is 30.4 Å². The van der Waals surface area contributed by atoms with Crippen LogP contribution in [-0.2, 0) is 28.6 Å². The Morgan fingerprint density at radius 1 is 1.00 bits per heavy atom. The fourth-order valence-electron chi connectivity index (χ4n) is 4.56. The SMILES string of the molecule is CC(=O)NC[C@H](COP(=O)(O)OC1CCC(c2ccccc2)(c2ccccc2)CC1)NC(C)=O. The van der Waals surface area contributed by atoms with E-state index in [0.29, 0.717) is 12.8 Å². The number of phosphoric ester groups is 1. The van der Waals surface area contributed by atoms with Gasteiger partial charge in [0.2, 0.25) is 11.8 Å². The van der Waals surface area contributed by atoms with Crippen LogP contribution >= 0.6 is 7.82 Å². The molecule has 3 rings (SSSR count). The molecule has 1 aliphatic rings. The molecule has 184 valence electrons. The Hall–Kier alpha value is -2.51. The maximum atomic E-state index is 12.6. The van der Waals surface area contributed by atoms with Crippen LogP contribution in [0.3, 0.4) is 0 Å². The molecule has 0 saturated heterocycles. The summed E-state index contributed by atoms with van der Waals surface area (Å²) in [5.41, 5.74) is 2.26. The predicted octanol–water partition coefficient (Wildman–Crippen LogP) is 3.69. The molecule has 1 unspecified atom stereocenters. The maximum Gasteiger partial charge on any atom is 0.472 e. The van der Waals surface area contributed by atoms with E-state index in [1.165, 1.54) is 25.0 Å². The van der Waals surface area contributed by atoms with Gasteiger partial charge in [0.15, 0.2) is 0 Å². The molecule has 2 amide bonds. The lowest BCUT2D eigenvalue weighted by molar-refractivity contribution is -0.121. The molecule has 2 aromatic rings. The molecule has 0 spiro atoms. The van der Waals surface area contributed by atoms with Gasteiger partial charge in [0.25, 0.3) is 0 Å². The standard InChI is InChI=1S/C25H33N2O6P/c1-19(28)26-17-23(27-20(2)29)18-32-34(30,31)33-24-13-15-25(16-14-24,21-9-5-3-6-10-21)22-11-7-4-8-12-22/h3-12,23-24H,13-18H2,1-2H3,(H,26,28)(H,27,29)(H,30,31)/t23-/m1/s1. The molecule has 0 heterocycles. The molecule has 1 saturated carbocycles. The van der Waals surface area contributed by atoms with Gasteiger partial charge in [-0.15, -0.1) is 0 Å². The molecule has 0 bridgehead atoms. The third-order valence-electron chi connectivity index (χ3n) is 6.16. The maximum absolute atomic E-state index is 12.6. The van der Waals surface area contributed by atoms with Crippen molar-refractivity contribution in [3.63, 3.8) is 0 Å². The summed E-state index contributed by atoms with van der Waals surface area (Å²) in [6.45, 7) is 2.48. The minimum atomic E-state index is -4.36. The Morgan fingerprint density at radius 2 is 1.53 bits per heavy atom. The highest BCUT2D eigenvalue weighted by atomic mass is 31.2. The van der Waals surface area contributed by atoms with E-state index in [9.17, 15) is 19.0 Å². The largest absolute Gasteiger partial charge is 0.472 e. The van der Waals surface area contributed by atoms with E-state index < -0.39 is 20.0 Å². The molecular formula is C25H33N2O6P. The van der Waals surface area contributed by atoms with Crippen LogP contribution in [0.15, 0.2) is 60.7 Å². The molecule has 2 atom stereocenters. The van der Waals surface area contributed by atoms with Gasteiger partial charge in [-0.3, -0.25) is 18.6 Å². The first-order chi connectivity index (χ1) is 16.2.